The van der Waals surface area contributed by atoms with E-state index in [1.165, 1.54) is 40.7 Å². The Kier molecular flexibility index (Phi) is 6.07. The Morgan fingerprint density at radius 3 is 2.46 bits per heavy atom. The molecule has 1 amide bonds. The van der Waals surface area contributed by atoms with Crippen molar-refractivity contribution in [3.8, 4) is 0 Å². The number of benzene rings is 2. The summed E-state index contributed by atoms with van der Waals surface area (Å²) in [6, 6.07) is 11.9. The zero-order chi connectivity index (χ0) is 20.4. The molecule has 0 aliphatic carbocycles. The van der Waals surface area contributed by atoms with E-state index in [0.29, 0.717) is 24.4 Å². The molecule has 0 spiro atoms. The summed E-state index contributed by atoms with van der Waals surface area (Å²) in [7, 11) is -3.70. The summed E-state index contributed by atoms with van der Waals surface area (Å²) in [5.41, 5.74) is -0.0579. The molecule has 1 saturated heterocycles. The number of rotatable bonds is 5. The number of hydrogen-bond donors (Lipinski definition) is 1. The molecule has 5 nitrogen and oxygen atoms in total. The average molecular weight is 425 g/mol. The Labute approximate surface area is 169 Å². The fourth-order valence-corrected chi connectivity index (χ4v) is 5.07. The first-order valence-electron chi connectivity index (χ1n) is 8.99. The summed E-state index contributed by atoms with van der Waals surface area (Å²) in [6.07, 6.45) is 1.18. The maximum atomic E-state index is 13.0. The minimum atomic E-state index is -3.70. The van der Waals surface area contributed by atoms with Gasteiger partial charge in [-0.25, -0.2) is 12.8 Å². The molecule has 1 aliphatic rings. The van der Waals surface area contributed by atoms with Crippen LogP contribution in [0.15, 0.2) is 53.4 Å². The number of halogens is 2. The zero-order valence-corrected chi connectivity index (χ0v) is 17.1. The largest absolute Gasteiger partial charge is 0.352 e. The quantitative estimate of drug-likeness (QED) is 0.797. The van der Waals surface area contributed by atoms with Gasteiger partial charge in [-0.2, -0.15) is 4.31 Å². The third kappa shape index (κ3) is 4.54. The van der Waals surface area contributed by atoms with E-state index in [9.17, 15) is 17.6 Å². The predicted octanol–water partition coefficient (Wildman–Crippen LogP) is 3.59. The Balaban J connectivity index is 1.70. The molecule has 1 N–H and O–H groups in total. The second-order valence-electron chi connectivity index (χ2n) is 7.27. The Morgan fingerprint density at radius 2 is 1.82 bits per heavy atom. The van der Waals surface area contributed by atoms with Gasteiger partial charge in [-0.3, -0.25) is 4.79 Å². The molecule has 3 rings (SSSR count). The predicted molar refractivity (Wildman–Crippen MR) is 106 cm³/mol. The van der Waals surface area contributed by atoms with Crippen molar-refractivity contribution in [2.45, 2.75) is 31.2 Å². The van der Waals surface area contributed by atoms with E-state index in [1.807, 2.05) is 0 Å². The maximum Gasteiger partial charge on any atom is 0.243 e. The third-order valence-electron chi connectivity index (χ3n) is 5.03. The molecule has 1 fully saturated rings. The number of carbonyl (C=O) groups excluding carboxylic acids is 1. The molecule has 28 heavy (non-hydrogen) atoms. The van der Waals surface area contributed by atoms with Crippen molar-refractivity contribution in [2.24, 2.45) is 5.41 Å². The van der Waals surface area contributed by atoms with E-state index in [0.717, 1.165) is 5.56 Å². The van der Waals surface area contributed by atoms with Crippen molar-refractivity contribution in [1.82, 2.24) is 9.62 Å². The van der Waals surface area contributed by atoms with Gasteiger partial charge in [-0.15, -0.1) is 0 Å². The fraction of sp³-hybridized carbons (Fsp3) is 0.350. The fourth-order valence-electron chi connectivity index (χ4n) is 3.34. The first-order valence-corrected chi connectivity index (χ1v) is 10.8. The number of carbonyl (C=O) groups is 1. The van der Waals surface area contributed by atoms with Crippen LogP contribution in [0.3, 0.4) is 0 Å². The first-order chi connectivity index (χ1) is 13.2. The molecule has 1 atom stereocenters. The van der Waals surface area contributed by atoms with E-state index in [4.69, 9.17) is 11.6 Å². The summed E-state index contributed by atoms with van der Waals surface area (Å²) in [5, 5.41) is 3.31. The standard InChI is InChI=1S/C20H22ClFN2O3S/c1-20(19(25)23-13-15-3-7-17(22)8-4-15)11-2-12-24(14-20)28(26,27)18-9-5-16(21)6-10-18/h3-10H,2,11-14H2,1H3,(H,23,25)/t20-/m0/s1. The number of amides is 1. The van der Waals surface area contributed by atoms with Gasteiger partial charge in [0.15, 0.2) is 0 Å². The van der Waals surface area contributed by atoms with Gasteiger partial charge in [0.1, 0.15) is 5.82 Å². The van der Waals surface area contributed by atoms with E-state index in [-0.39, 0.29) is 29.7 Å². The molecule has 1 heterocycles. The Bertz CT molecular complexity index is 948. The number of nitrogens with zero attached hydrogens (tertiary/aromatic N) is 1. The molecule has 1 aliphatic heterocycles. The van der Waals surface area contributed by atoms with Gasteiger partial charge < -0.3 is 5.32 Å². The summed E-state index contributed by atoms with van der Waals surface area (Å²) >= 11 is 5.85. The van der Waals surface area contributed by atoms with Gasteiger partial charge in [0.05, 0.1) is 10.3 Å². The molecule has 0 saturated carbocycles. The zero-order valence-electron chi connectivity index (χ0n) is 15.5. The molecular weight excluding hydrogens is 403 g/mol. The van der Waals surface area contributed by atoms with Crippen LogP contribution < -0.4 is 5.32 Å². The molecular formula is C20H22ClFN2O3S. The van der Waals surface area contributed by atoms with Crippen LogP contribution in [0.5, 0.6) is 0 Å². The van der Waals surface area contributed by atoms with Crippen LogP contribution in [-0.4, -0.2) is 31.7 Å². The van der Waals surface area contributed by atoms with E-state index < -0.39 is 15.4 Å². The molecule has 2 aromatic rings. The normalized spacial score (nSPS) is 20.7. The van der Waals surface area contributed by atoms with Crippen LogP contribution >= 0.6 is 11.6 Å². The highest BCUT2D eigenvalue weighted by Crippen LogP contribution is 2.33. The molecule has 150 valence electrons. The van der Waals surface area contributed by atoms with Crippen LogP contribution in [0.1, 0.15) is 25.3 Å². The van der Waals surface area contributed by atoms with Crippen LogP contribution in [-0.2, 0) is 21.4 Å². The lowest BCUT2D eigenvalue weighted by Crippen LogP contribution is -2.51. The van der Waals surface area contributed by atoms with Crippen molar-refractivity contribution in [1.29, 1.82) is 0 Å². The number of nitrogens with one attached hydrogen (secondary N) is 1. The maximum absolute atomic E-state index is 13.0. The second-order valence-corrected chi connectivity index (χ2v) is 9.64. The van der Waals surface area contributed by atoms with E-state index in [1.54, 1.807) is 19.1 Å². The van der Waals surface area contributed by atoms with Gasteiger partial charge in [0, 0.05) is 24.7 Å². The minimum Gasteiger partial charge on any atom is -0.352 e. The Morgan fingerprint density at radius 1 is 1.18 bits per heavy atom. The van der Waals surface area contributed by atoms with Gasteiger partial charge in [-0.1, -0.05) is 23.7 Å². The highest BCUT2D eigenvalue weighted by atomic mass is 35.5. The monoisotopic (exact) mass is 424 g/mol. The topological polar surface area (TPSA) is 66.5 Å². The summed E-state index contributed by atoms with van der Waals surface area (Å²) in [5.74, 6) is -0.551. The number of sulfonamides is 1. The number of piperidine rings is 1. The first kappa shape index (κ1) is 20.8. The van der Waals surface area contributed by atoms with Gasteiger partial charge >= 0.3 is 0 Å². The lowest BCUT2D eigenvalue weighted by atomic mass is 9.82. The molecule has 0 radical (unpaired) electrons. The highest BCUT2D eigenvalue weighted by molar-refractivity contribution is 7.89. The van der Waals surface area contributed by atoms with Gasteiger partial charge in [0.25, 0.3) is 0 Å². The van der Waals surface area contributed by atoms with Gasteiger partial charge in [-0.05, 0) is 61.7 Å². The van der Waals surface area contributed by atoms with Crippen molar-refractivity contribution in [2.75, 3.05) is 13.1 Å². The van der Waals surface area contributed by atoms with Gasteiger partial charge in [0.2, 0.25) is 15.9 Å². The van der Waals surface area contributed by atoms with Crippen LogP contribution in [0, 0.1) is 11.2 Å². The molecule has 2 aromatic carbocycles. The van der Waals surface area contributed by atoms with E-state index in [2.05, 4.69) is 5.32 Å². The Hall–Kier alpha value is -1.96. The highest BCUT2D eigenvalue weighted by Gasteiger charge is 2.41. The average Bonchev–Trinajstić information content (AvgIpc) is 2.67. The summed E-state index contributed by atoms with van der Waals surface area (Å²) < 4.78 is 40.2. The molecule has 0 unspecified atom stereocenters. The number of hydrogen-bond acceptors (Lipinski definition) is 3. The van der Waals surface area contributed by atoms with Crippen molar-refractivity contribution in [3.05, 3.63) is 64.9 Å². The van der Waals surface area contributed by atoms with Crippen molar-refractivity contribution in [3.63, 3.8) is 0 Å². The van der Waals surface area contributed by atoms with E-state index >= 15 is 0 Å². The summed E-state index contributed by atoms with van der Waals surface area (Å²) in [4.78, 5) is 12.9. The lowest BCUT2D eigenvalue weighted by Gasteiger charge is -2.38. The second kappa shape index (κ2) is 8.19. The van der Waals surface area contributed by atoms with Crippen molar-refractivity contribution >= 4 is 27.5 Å². The molecule has 8 heteroatoms. The van der Waals surface area contributed by atoms with Crippen LogP contribution in [0.4, 0.5) is 4.39 Å². The lowest BCUT2D eigenvalue weighted by molar-refractivity contribution is -0.132. The SMILES string of the molecule is C[C@]1(C(=O)NCc2ccc(F)cc2)CCCN(S(=O)(=O)c2ccc(Cl)cc2)C1. The molecule has 0 bridgehead atoms. The van der Waals surface area contributed by atoms with Crippen molar-refractivity contribution < 1.29 is 17.6 Å². The third-order valence-corrected chi connectivity index (χ3v) is 7.14. The minimum absolute atomic E-state index is 0.104. The molecule has 0 aromatic heterocycles. The summed E-state index contributed by atoms with van der Waals surface area (Å²) in [6.45, 7) is 2.51. The van der Waals surface area contributed by atoms with Crippen LogP contribution in [0.25, 0.3) is 0 Å². The van der Waals surface area contributed by atoms with Crippen LogP contribution in [0.2, 0.25) is 5.02 Å². The smallest absolute Gasteiger partial charge is 0.243 e.